The van der Waals surface area contributed by atoms with Crippen LogP contribution in [0.1, 0.15) is 145 Å². The molecule has 3 heteroatoms. The molecule has 3 heterocycles. The molecule has 71 heavy (non-hydrogen) atoms. The number of hydrogen-bond donors (Lipinski definition) is 1. The van der Waals surface area contributed by atoms with Crippen LogP contribution in [0.5, 0.6) is 0 Å². The Morgan fingerprint density at radius 1 is 0.437 bits per heavy atom. The van der Waals surface area contributed by atoms with E-state index >= 15 is 0 Å². The van der Waals surface area contributed by atoms with Gasteiger partial charge in [0.15, 0.2) is 0 Å². The molecule has 15 rings (SSSR count). The lowest BCUT2D eigenvalue weighted by Crippen LogP contribution is -2.29. The Kier molecular flexibility index (Phi) is 11.0. The van der Waals surface area contributed by atoms with Crippen LogP contribution in [-0.2, 0) is 0 Å². The van der Waals surface area contributed by atoms with Crippen LogP contribution in [-0.4, -0.2) is 9.73 Å². The topological polar surface area (TPSA) is 3.24 Å². The molecular formula is C68H61NS2. The molecule has 0 aromatic heterocycles. The van der Waals surface area contributed by atoms with E-state index in [1.54, 1.807) is 20.9 Å². The largest absolute Gasteiger partial charge is 0.309 e. The van der Waals surface area contributed by atoms with Crippen LogP contribution in [0.3, 0.4) is 0 Å². The van der Waals surface area contributed by atoms with E-state index in [-0.39, 0.29) is 0 Å². The standard InChI is InChI=1S/C43H35NS.C16H14S.C9H12/c1-27(2)28-18-20-30(21-19-28)44(39-17-9-16-36-33-13-6-5-12-32(33)34-22-23-37(34)41(36)39)40-26-45-25-24-29-10-3-4-11-31(29)42(45)43(45)38-15-8-7-14-35(38)40;17-15-7-3-6-13-11-5-2-1-4-10(11)12-8-9-14(12)16(13)15;1-8(2)9-6-4-3-5-7-9/h3-21,24-27,34,37H,22-23H2,1-2H3;1-7,12,14,17H,8-9H2;3-8H,1-2H3. The monoisotopic (exact) mass is 955 g/mol. The van der Waals surface area contributed by atoms with Crippen LogP contribution >= 0.6 is 21.8 Å². The van der Waals surface area contributed by atoms with Gasteiger partial charge >= 0.3 is 0 Å². The van der Waals surface area contributed by atoms with Crippen molar-refractivity contribution in [3.05, 3.63) is 255 Å². The molecule has 8 aromatic rings. The fourth-order valence-corrected chi connectivity index (χ4v) is 16.9. The Morgan fingerprint density at radius 3 is 1.55 bits per heavy atom. The molecule has 2 saturated carbocycles. The third kappa shape index (κ3) is 7.21. The van der Waals surface area contributed by atoms with Crippen LogP contribution in [0.4, 0.5) is 11.4 Å². The lowest BCUT2D eigenvalue weighted by molar-refractivity contribution is 0.339. The smallest absolute Gasteiger partial charge is 0.0597 e. The maximum absolute atomic E-state index is 4.66. The average Bonchev–Trinajstić information content (AvgIpc) is 4.09. The number of hydrogen-bond acceptors (Lipinski definition) is 2. The lowest BCUT2D eigenvalue weighted by atomic mass is 9.60. The maximum atomic E-state index is 4.66. The van der Waals surface area contributed by atoms with Gasteiger partial charge in [-0.2, -0.15) is 0 Å². The van der Waals surface area contributed by atoms with E-state index in [0.29, 0.717) is 29.6 Å². The molecule has 0 bridgehead atoms. The van der Waals surface area contributed by atoms with Gasteiger partial charge in [-0.3, -0.25) is 0 Å². The molecule has 5 unspecified atom stereocenters. The summed E-state index contributed by atoms with van der Waals surface area (Å²) in [7, 11) is -1.31. The van der Waals surface area contributed by atoms with Crippen molar-refractivity contribution in [1.29, 1.82) is 0 Å². The molecule has 1 spiro atoms. The van der Waals surface area contributed by atoms with Gasteiger partial charge in [0.2, 0.25) is 0 Å². The van der Waals surface area contributed by atoms with Crippen LogP contribution < -0.4 is 4.90 Å². The Morgan fingerprint density at radius 2 is 0.930 bits per heavy atom. The second-order valence-electron chi connectivity index (χ2n) is 21.2. The van der Waals surface area contributed by atoms with E-state index in [4.69, 9.17) is 0 Å². The molecule has 0 amide bonds. The Balaban J connectivity index is 0.000000154. The molecule has 4 aliphatic carbocycles. The average molecular weight is 956 g/mol. The summed E-state index contributed by atoms with van der Waals surface area (Å²) in [6.07, 6.45) is 7.57. The first kappa shape index (κ1) is 44.4. The summed E-state index contributed by atoms with van der Waals surface area (Å²) in [6.45, 7) is 8.97. The summed E-state index contributed by atoms with van der Waals surface area (Å²) in [5.41, 5.74) is 24.0. The highest BCUT2D eigenvalue weighted by Gasteiger charge is 2.45. The minimum atomic E-state index is -1.31. The second kappa shape index (κ2) is 17.7. The zero-order valence-corrected chi connectivity index (χ0v) is 42.9. The molecule has 1 nitrogen and oxygen atoms in total. The van der Waals surface area contributed by atoms with Crippen molar-refractivity contribution in [3.8, 4) is 22.3 Å². The van der Waals surface area contributed by atoms with Crippen molar-refractivity contribution in [2.45, 2.75) is 93.8 Å². The quantitative estimate of drug-likeness (QED) is 0.133. The number of thiol groups is 1. The number of benzene rings is 8. The molecule has 5 atom stereocenters. The summed E-state index contributed by atoms with van der Waals surface area (Å²) in [5, 5.41) is 5.20. The summed E-state index contributed by atoms with van der Waals surface area (Å²) >= 11 is 4.66. The third-order valence-electron chi connectivity index (χ3n) is 16.8. The molecule has 0 N–H and O–H groups in total. The van der Waals surface area contributed by atoms with Crippen molar-refractivity contribution >= 4 is 54.7 Å². The van der Waals surface area contributed by atoms with Crippen molar-refractivity contribution in [3.63, 3.8) is 0 Å². The normalized spacial score (nSPS) is 21.4. The van der Waals surface area contributed by atoms with Crippen molar-refractivity contribution < 1.29 is 0 Å². The molecule has 0 radical (unpaired) electrons. The first-order chi connectivity index (χ1) is 34.8. The van der Waals surface area contributed by atoms with Gasteiger partial charge in [0, 0.05) is 25.9 Å². The molecule has 8 aromatic carbocycles. The van der Waals surface area contributed by atoms with Gasteiger partial charge in [0.1, 0.15) is 0 Å². The number of nitrogens with zero attached hydrogens (tertiary/aromatic N) is 1. The maximum Gasteiger partial charge on any atom is 0.0597 e. The predicted octanol–water partition coefficient (Wildman–Crippen LogP) is 18.6. The summed E-state index contributed by atoms with van der Waals surface area (Å²) in [4.78, 5) is 6.92. The van der Waals surface area contributed by atoms with E-state index in [2.05, 4.69) is 244 Å². The van der Waals surface area contributed by atoms with Crippen LogP contribution in [0.25, 0.3) is 34.0 Å². The summed E-state index contributed by atoms with van der Waals surface area (Å²) in [6, 6.07) is 69.7. The van der Waals surface area contributed by atoms with Gasteiger partial charge in [-0.25, -0.2) is 0 Å². The fourth-order valence-electron chi connectivity index (χ4n) is 12.9. The number of fused-ring (bicyclic) bond motifs is 17. The highest BCUT2D eigenvalue weighted by atomic mass is 32.2. The minimum Gasteiger partial charge on any atom is -0.309 e. The molecule has 2 fully saturated rings. The predicted molar refractivity (Wildman–Crippen MR) is 309 cm³/mol. The highest BCUT2D eigenvalue weighted by molar-refractivity contribution is 8.46. The van der Waals surface area contributed by atoms with Crippen molar-refractivity contribution in [2.75, 3.05) is 4.90 Å². The van der Waals surface area contributed by atoms with Gasteiger partial charge in [-0.05, 0) is 175 Å². The van der Waals surface area contributed by atoms with Gasteiger partial charge in [-0.15, -0.1) is 21.8 Å². The number of anilines is 2. The molecular weight excluding hydrogens is 895 g/mol. The van der Waals surface area contributed by atoms with E-state index in [0.717, 1.165) is 5.92 Å². The zero-order chi connectivity index (χ0) is 48.0. The Labute approximate surface area is 427 Å². The van der Waals surface area contributed by atoms with Crippen molar-refractivity contribution in [1.82, 2.24) is 0 Å². The Bertz CT molecular complexity index is 3600. The SMILES string of the molecule is CC(C)c1ccc(N(C2=CS34=C(C=3c3ccccc32)c2ccccc2C=C4)c2cccc3c2C2CCC2c2ccccc2-3)cc1.CC(C)c1ccccc1.Sc1cccc2c1C1CCC1c1ccccc1-2. The van der Waals surface area contributed by atoms with E-state index in [1.165, 1.54) is 114 Å². The minimum absolute atomic E-state index is 0.496. The highest BCUT2D eigenvalue weighted by Crippen LogP contribution is 2.63. The third-order valence-corrected chi connectivity index (χ3v) is 20.3. The molecule has 350 valence electrons. The molecule has 3 aliphatic heterocycles. The first-order valence-electron chi connectivity index (χ1n) is 26.1. The van der Waals surface area contributed by atoms with Crippen LogP contribution in [0, 0.1) is 0 Å². The zero-order valence-electron chi connectivity index (χ0n) is 41.2. The van der Waals surface area contributed by atoms with E-state index in [1.807, 2.05) is 6.07 Å². The fraction of sp³-hybridized carbons (Fsp3) is 0.206. The van der Waals surface area contributed by atoms with Gasteiger partial charge in [0.25, 0.3) is 0 Å². The van der Waals surface area contributed by atoms with Gasteiger partial charge < -0.3 is 4.90 Å². The molecule has 0 saturated heterocycles. The van der Waals surface area contributed by atoms with Gasteiger partial charge in [0.05, 0.1) is 11.4 Å². The van der Waals surface area contributed by atoms with E-state index in [9.17, 15) is 0 Å². The summed E-state index contributed by atoms with van der Waals surface area (Å²) < 4.78 is 0. The molecule has 7 aliphatic rings. The van der Waals surface area contributed by atoms with E-state index < -0.39 is 9.21 Å². The summed E-state index contributed by atoms with van der Waals surface area (Å²) in [5.74, 6) is 3.78. The van der Waals surface area contributed by atoms with Crippen molar-refractivity contribution in [2.24, 2.45) is 0 Å². The van der Waals surface area contributed by atoms with Gasteiger partial charge in [-0.1, -0.05) is 191 Å². The first-order valence-corrected chi connectivity index (χ1v) is 28.3. The Hall–Kier alpha value is -6.52. The lowest BCUT2D eigenvalue weighted by Gasteiger charge is -2.45. The van der Waals surface area contributed by atoms with Crippen LogP contribution in [0.15, 0.2) is 204 Å². The van der Waals surface area contributed by atoms with Crippen LogP contribution in [0.2, 0.25) is 0 Å². The second-order valence-corrected chi connectivity index (χ2v) is 24.4. The number of rotatable bonds is 5.